The lowest BCUT2D eigenvalue weighted by Gasteiger charge is -2.38. The molecule has 6 rings (SSSR count). The van der Waals surface area contributed by atoms with Gasteiger partial charge in [0.05, 0.1) is 5.69 Å². The van der Waals surface area contributed by atoms with Crippen molar-refractivity contribution in [1.82, 2.24) is 24.7 Å². The molecule has 2 unspecified atom stereocenters. The molecule has 2 fully saturated rings. The van der Waals surface area contributed by atoms with Crippen LogP contribution in [0.5, 0.6) is 0 Å². The van der Waals surface area contributed by atoms with Crippen LogP contribution in [-0.2, 0) is 6.54 Å². The van der Waals surface area contributed by atoms with Crippen LogP contribution in [0.1, 0.15) is 25.0 Å². The van der Waals surface area contributed by atoms with E-state index < -0.39 is 0 Å². The zero-order valence-corrected chi connectivity index (χ0v) is 18.5. The highest BCUT2D eigenvalue weighted by atomic mass is 19.1. The van der Waals surface area contributed by atoms with Crippen LogP contribution in [0.15, 0.2) is 30.6 Å². The summed E-state index contributed by atoms with van der Waals surface area (Å²) in [5.41, 5.74) is 1.29. The van der Waals surface area contributed by atoms with Crippen LogP contribution in [0.4, 0.5) is 32.2 Å². The van der Waals surface area contributed by atoms with E-state index >= 15 is 0 Å². The van der Waals surface area contributed by atoms with E-state index in [-0.39, 0.29) is 17.7 Å². The summed E-state index contributed by atoms with van der Waals surface area (Å²) in [6, 6.07) is 6.73. The highest BCUT2D eigenvalue weighted by Crippen LogP contribution is 2.40. The van der Waals surface area contributed by atoms with E-state index in [9.17, 15) is 8.78 Å². The Morgan fingerprint density at radius 1 is 1.00 bits per heavy atom. The summed E-state index contributed by atoms with van der Waals surface area (Å²) in [5.74, 6) is 1.96. The van der Waals surface area contributed by atoms with E-state index in [2.05, 4.69) is 25.1 Å². The minimum atomic E-state index is -0.326. The van der Waals surface area contributed by atoms with Gasteiger partial charge in [-0.15, -0.1) is 5.10 Å². The Kier molecular flexibility index (Phi) is 4.88. The zero-order valence-electron chi connectivity index (χ0n) is 18.5. The lowest BCUT2D eigenvalue weighted by Crippen LogP contribution is -2.48. The molecule has 1 saturated heterocycles. The largest absolute Gasteiger partial charge is 0.353 e. The highest BCUT2D eigenvalue weighted by molar-refractivity contribution is 5.59. The van der Waals surface area contributed by atoms with Crippen molar-refractivity contribution in [2.45, 2.75) is 38.8 Å². The quantitative estimate of drug-likeness (QED) is 0.649. The van der Waals surface area contributed by atoms with E-state index in [1.165, 1.54) is 18.5 Å². The number of benzene rings is 1. The summed E-state index contributed by atoms with van der Waals surface area (Å²) >= 11 is 0. The Labute approximate surface area is 190 Å². The van der Waals surface area contributed by atoms with Crippen molar-refractivity contribution in [2.24, 2.45) is 11.8 Å². The molecule has 2 aliphatic heterocycles. The molecule has 10 heteroatoms. The minimum absolute atomic E-state index is 0.246. The van der Waals surface area contributed by atoms with Crippen molar-refractivity contribution in [3.05, 3.63) is 47.9 Å². The normalized spacial score (nSPS) is 24.2. The lowest BCUT2D eigenvalue weighted by molar-refractivity contribution is 0.371. The molecule has 2 bridgehead atoms. The van der Waals surface area contributed by atoms with E-state index in [4.69, 9.17) is 10.1 Å². The molecule has 172 valence electrons. The second kappa shape index (κ2) is 7.93. The van der Waals surface area contributed by atoms with Gasteiger partial charge in [0.15, 0.2) is 11.6 Å². The monoisotopic (exact) mass is 452 g/mol. The molecule has 3 aliphatic rings. The van der Waals surface area contributed by atoms with E-state index in [1.807, 2.05) is 4.68 Å². The number of hydrogen-bond donors (Lipinski definition) is 1. The first-order valence-corrected chi connectivity index (χ1v) is 11.5. The van der Waals surface area contributed by atoms with Gasteiger partial charge in [0.2, 0.25) is 11.9 Å². The fraction of sp³-hybridized carbons (Fsp3) is 0.478. The van der Waals surface area contributed by atoms with Crippen molar-refractivity contribution in [3.8, 4) is 0 Å². The van der Waals surface area contributed by atoms with Gasteiger partial charge < -0.3 is 15.1 Å². The van der Waals surface area contributed by atoms with Gasteiger partial charge in [-0.25, -0.2) is 23.4 Å². The van der Waals surface area contributed by atoms with Crippen LogP contribution < -0.4 is 15.1 Å². The average molecular weight is 453 g/mol. The number of hydrogen-bond acceptors (Lipinski definition) is 7. The van der Waals surface area contributed by atoms with Crippen LogP contribution in [0.2, 0.25) is 0 Å². The first-order chi connectivity index (χ1) is 16.1. The van der Waals surface area contributed by atoms with Crippen molar-refractivity contribution in [3.63, 3.8) is 0 Å². The smallest absolute Gasteiger partial charge is 0.244 e. The van der Waals surface area contributed by atoms with Crippen molar-refractivity contribution in [2.75, 3.05) is 34.8 Å². The molecule has 8 nitrogen and oxygen atoms in total. The molecule has 1 aliphatic carbocycles. The standard InChI is InChI=1S/C23H26F2N8/c1-14-19(25)21(27-13-26-14)31-11-15-3-4-16(12-31)20(15)28-22-29-23-32(9-2-10-33(23)30-22)18-7-5-17(24)6-8-18/h5-8,13,15-16,20H,2-4,9-12H2,1H3,(H,28,30)/t15-,16?,20?/m0/s1. The SMILES string of the molecule is Cc1ncnc(N2CC3CC[C@@H](C2)C3Nc2nc3n(n2)CCCN3c2ccc(F)cc2)c1F. The number of fused-ring (bicyclic) bond motifs is 3. The first kappa shape index (κ1) is 20.3. The topological polar surface area (TPSA) is 75.0 Å². The second-order valence-corrected chi connectivity index (χ2v) is 9.21. The molecule has 1 N–H and O–H groups in total. The van der Waals surface area contributed by atoms with E-state index in [0.717, 1.165) is 57.1 Å². The molecule has 33 heavy (non-hydrogen) atoms. The maximum Gasteiger partial charge on any atom is 0.244 e. The van der Waals surface area contributed by atoms with Crippen molar-refractivity contribution in [1.29, 1.82) is 0 Å². The molecular weight excluding hydrogens is 426 g/mol. The minimum Gasteiger partial charge on any atom is -0.353 e. The summed E-state index contributed by atoms with van der Waals surface area (Å²) in [6.45, 7) is 4.79. The molecule has 4 heterocycles. The molecular formula is C23H26F2N8. The van der Waals surface area contributed by atoms with Crippen LogP contribution in [0, 0.1) is 30.4 Å². The fourth-order valence-corrected chi connectivity index (χ4v) is 5.53. The first-order valence-electron chi connectivity index (χ1n) is 11.5. The maximum atomic E-state index is 14.6. The Hall–Kier alpha value is -3.30. The number of aryl methyl sites for hydroxylation is 2. The number of anilines is 4. The molecule has 3 atom stereocenters. The molecule has 2 aromatic heterocycles. The Morgan fingerprint density at radius 3 is 2.52 bits per heavy atom. The summed E-state index contributed by atoms with van der Waals surface area (Å²) in [7, 11) is 0. The van der Waals surface area contributed by atoms with Gasteiger partial charge >= 0.3 is 0 Å². The number of halogens is 2. The Bertz CT molecular complexity index is 1150. The third-order valence-electron chi connectivity index (χ3n) is 7.16. The molecule has 0 spiro atoms. The second-order valence-electron chi connectivity index (χ2n) is 9.21. The van der Waals surface area contributed by atoms with Crippen LogP contribution in [0.3, 0.4) is 0 Å². The summed E-state index contributed by atoms with van der Waals surface area (Å²) < 4.78 is 29.9. The van der Waals surface area contributed by atoms with Crippen LogP contribution in [-0.4, -0.2) is 50.4 Å². The van der Waals surface area contributed by atoms with Crippen LogP contribution in [0.25, 0.3) is 0 Å². The summed E-state index contributed by atoms with van der Waals surface area (Å²) in [5, 5.41) is 8.32. The summed E-state index contributed by atoms with van der Waals surface area (Å²) in [6.07, 6.45) is 4.55. The maximum absolute atomic E-state index is 14.6. The lowest BCUT2D eigenvalue weighted by atomic mass is 9.92. The van der Waals surface area contributed by atoms with E-state index in [0.29, 0.717) is 29.3 Å². The number of aromatic nitrogens is 5. The highest BCUT2D eigenvalue weighted by Gasteiger charge is 2.43. The van der Waals surface area contributed by atoms with E-state index in [1.54, 1.807) is 19.1 Å². The number of nitrogens with zero attached hydrogens (tertiary/aromatic N) is 7. The van der Waals surface area contributed by atoms with Gasteiger partial charge in [0, 0.05) is 37.9 Å². The van der Waals surface area contributed by atoms with Gasteiger partial charge in [-0.3, -0.25) is 0 Å². The molecule has 1 aromatic carbocycles. The van der Waals surface area contributed by atoms with Gasteiger partial charge in [-0.05, 0) is 62.3 Å². The predicted molar refractivity (Wildman–Crippen MR) is 121 cm³/mol. The number of nitrogens with one attached hydrogen (secondary N) is 1. The number of rotatable bonds is 4. The average Bonchev–Trinajstić information content (AvgIpc) is 3.32. The van der Waals surface area contributed by atoms with Crippen molar-refractivity contribution >= 4 is 23.4 Å². The number of piperidine rings is 1. The van der Waals surface area contributed by atoms with Gasteiger partial charge in [0.1, 0.15) is 12.1 Å². The van der Waals surface area contributed by atoms with Gasteiger partial charge in [-0.2, -0.15) is 4.98 Å². The third-order valence-corrected chi connectivity index (χ3v) is 7.16. The van der Waals surface area contributed by atoms with Gasteiger partial charge in [-0.1, -0.05) is 0 Å². The van der Waals surface area contributed by atoms with Crippen molar-refractivity contribution < 1.29 is 8.78 Å². The Balaban J connectivity index is 1.20. The predicted octanol–water partition coefficient (Wildman–Crippen LogP) is 3.52. The third kappa shape index (κ3) is 3.57. The molecule has 1 saturated carbocycles. The molecule has 0 radical (unpaired) electrons. The van der Waals surface area contributed by atoms with Crippen LogP contribution >= 0.6 is 0 Å². The van der Waals surface area contributed by atoms with Gasteiger partial charge in [0.25, 0.3) is 0 Å². The molecule has 0 amide bonds. The Morgan fingerprint density at radius 2 is 1.76 bits per heavy atom. The molecule has 3 aromatic rings. The zero-order chi connectivity index (χ0) is 22.5. The summed E-state index contributed by atoms with van der Waals surface area (Å²) in [4.78, 5) is 17.1. The fourth-order valence-electron chi connectivity index (χ4n) is 5.53.